The summed E-state index contributed by atoms with van der Waals surface area (Å²) < 4.78 is 1.14. The molecule has 6 aromatic rings. The molecule has 0 saturated heterocycles. The van der Waals surface area contributed by atoms with Crippen molar-refractivity contribution in [3.05, 3.63) is 176 Å². The Balaban J connectivity index is 1.41. The number of rotatable bonds is 3. The highest BCUT2D eigenvalue weighted by Gasteiger charge is 2.47. The molecule has 0 N–H and O–H groups in total. The normalized spacial score (nSPS) is 15.0. The molecule has 0 atom stereocenters. The predicted molar refractivity (Wildman–Crippen MR) is 184 cm³/mol. The fourth-order valence-corrected chi connectivity index (χ4v) is 8.38. The van der Waals surface area contributed by atoms with E-state index in [9.17, 15) is 0 Å². The lowest BCUT2D eigenvalue weighted by Crippen LogP contribution is -2.28. The van der Waals surface area contributed by atoms with E-state index in [1.54, 1.807) is 0 Å². The van der Waals surface area contributed by atoms with Crippen molar-refractivity contribution in [1.82, 2.24) is 0 Å². The zero-order valence-electron chi connectivity index (χ0n) is 25.0. The highest BCUT2D eigenvalue weighted by atomic mass is 79.9. The Kier molecular flexibility index (Phi) is 5.78. The smallest absolute Gasteiger partial charge is 0.0619 e. The molecule has 0 nitrogen and oxygen atoms in total. The van der Waals surface area contributed by atoms with E-state index < -0.39 is 5.41 Å². The molecule has 2 aliphatic carbocycles. The predicted octanol–water partition coefficient (Wildman–Crippen LogP) is 11.4. The average molecular weight is 618 g/mol. The lowest BCUT2D eigenvalue weighted by molar-refractivity contribution is 0.660. The molecule has 0 amide bonds. The van der Waals surface area contributed by atoms with E-state index in [-0.39, 0.29) is 5.41 Å². The second-order valence-corrected chi connectivity index (χ2v) is 13.7. The lowest BCUT2D eigenvalue weighted by atomic mass is 9.67. The van der Waals surface area contributed by atoms with Crippen molar-refractivity contribution in [3.63, 3.8) is 0 Å². The molecule has 0 bridgehead atoms. The van der Waals surface area contributed by atoms with Gasteiger partial charge in [0.05, 0.1) is 5.41 Å². The summed E-state index contributed by atoms with van der Waals surface area (Å²) in [6.07, 6.45) is 0. The summed E-state index contributed by atoms with van der Waals surface area (Å²) >= 11 is 3.96. The van der Waals surface area contributed by atoms with Crippen LogP contribution in [0.5, 0.6) is 0 Å². The van der Waals surface area contributed by atoms with Crippen LogP contribution in [0.3, 0.4) is 0 Å². The van der Waals surface area contributed by atoms with Crippen LogP contribution < -0.4 is 0 Å². The van der Waals surface area contributed by atoms with Crippen molar-refractivity contribution in [2.75, 3.05) is 0 Å². The highest BCUT2D eigenvalue weighted by Crippen LogP contribution is 2.58. The first-order valence-electron chi connectivity index (χ1n) is 15.1. The van der Waals surface area contributed by atoms with E-state index in [2.05, 4.69) is 171 Å². The maximum Gasteiger partial charge on any atom is 0.0714 e. The van der Waals surface area contributed by atoms with Crippen molar-refractivity contribution in [2.24, 2.45) is 0 Å². The zero-order chi connectivity index (χ0) is 29.5. The summed E-state index contributed by atoms with van der Waals surface area (Å²) in [7, 11) is 0. The van der Waals surface area contributed by atoms with Crippen molar-refractivity contribution >= 4 is 15.9 Å². The Morgan fingerprint density at radius 2 is 1.05 bits per heavy atom. The van der Waals surface area contributed by atoms with Gasteiger partial charge < -0.3 is 0 Å². The Bertz CT molecular complexity index is 2010. The van der Waals surface area contributed by atoms with E-state index in [1.807, 2.05) is 0 Å². The van der Waals surface area contributed by atoms with Gasteiger partial charge in [-0.3, -0.25) is 0 Å². The molecule has 0 spiro atoms. The molecule has 6 aromatic carbocycles. The zero-order valence-corrected chi connectivity index (χ0v) is 26.6. The van der Waals surface area contributed by atoms with Crippen LogP contribution >= 0.6 is 15.9 Å². The SMILES string of the molecule is Cc1ccc(C2(c3ccc(C)cc3)c3cc(-c4ccc5c(c4)-c4ccccc4C5(C)C)ccc3-c3c(Br)cccc32)cc1. The summed E-state index contributed by atoms with van der Waals surface area (Å²) in [5.41, 5.74) is 18.0. The molecule has 0 aromatic heterocycles. The molecular formula is C42H33Br. The van der Waals surface area contributed by atoms with Gasteiger partial charge >= 0.3 is 0 Å². The molecule has 0 saturated carbocycles. The summed E-state index contributed by atoms with van der Waals surface area (Å²) in [6, 6.07) is 48.2. The first-order chi connectivity index (χ1) is 20.8. The summed E-state index contributed by atoms with van der Waals surface area (Å²) in [6.45, 7) is 9.03. The van der Waals surface area contributed by atoms with Crippen molar-refractivity contribution in [2.45, 2.75) is 38.5 Å². The molecule has 208 valence electrons. The van der Waals surface area contributed by atoms with Gasteiger partial charge in [0, 0.05) is 15.5 Å². The second kappa shape index (κ2) is 9.40. The minimum absolute atomic E-state index is 0.00233. The highest BCUT2D eigenvalue weighted by molar-refractivity contribution is 9.10. The molecule has 0 radical (unpaired) electrons. The van der Waals surface area contributed by atoms with E-state index in [1.165, 1.54) is 77.9 Å². The van der Waals surface area contributed by atoms with Crippen molar-refractivity contribution in [1.29, 1.82) is 0 Å². The number of halogens is 1. The number of fused-ring (bicyclic) bond motifs is 6. The Hall–Kier alpha value is -4.20. The average Bonchev–Trinajstić information content (AvgIpc) is 3.45. The minimum Gasteiger partial charge on any atom is -0.0619 e. The van der Waals surface area contributed by atoms with Gasteiger partial charge in [0.25, 0.3) is 0 Å². The van der Waals surface area contributed by atoms with Crippen LogP contribution in [0.15, 0.2) is 132 Å². The third-order valence-electron chi connectivity index (χ3n) is 10.00. The van der Waals surface area contributed by atoms with Gasteiger partial charge in [-0.2, -0.15) is 0 Å². The molecule has 2 aliphatic rings. The van der Waals surface area contributed by atoms with E-state index >= 15 is 0 Å². The molecule has 1 heteroatoms. The maximum atomic E-state index is 3.96. The molecular weight excluding hydrogens is 584 g/mol. The molecule has 0 fully saturated rings. The van der Waals surface area contributed by atoms with Gasteiger partial charge in [-0.05, 0) is 93.2 Å². The van der Waals surface area contributed by atoms with Crippen LogP contribution in [0.2, 0.25) is 0 Å². The van der Waals surface area contributed by atoms with Gasteiger partial charge in [-0.1, -0.05) is 150 Å². The summed E-state index contributed by atoms with van der Waals surface area (Å²) in [4.78, 5) is 0. The second-order valence-electron chi connectivity index (χ2n) is 12.8. The van der Waals surface area contributed by atoms with E-state index in [0.717, 1.165) is 4.47 Å². The Morgan fingerprint density at radius 1 is 0.465 bits per heavy atom. The first-order valence-corrected chi connectivity index (χ1v) is 15.9. The number of hydrogen-bond acceptors (Lipinski definition) is 0. The quantitative estimate of drug-likeness (QED) is 0.185. The topological polar surface area (TPSA) is 0 Å². The number of benzene rings is 6. The van der Waals surface area contributed by atoms with Crippen LogP contribution in [0.1, 0.15) is 58.4 Å². The van der Waals surface area contributed by atoms with E-state index in [0.29, 0.717) is 0 Å². The molecule has 0 unspecified atom stereocenters. The molecule has 43 heavy (non-hydrogen) atoms. The fourth-order valence-electron chi connectivity index (χ4n) is 7.80. The third kappa shape index (κ3) is 3.68. The monoisotopic (exact) mass is 616 g/mol. The van der Waals surface area contributed by atoms with E-state index in [4.69, 9.17) is 0 Å². The maximum absolute atomic E-state index is 3.96. The Morgan fingerprint density at radius 3 is 1.74 bits per heavy atom. The van der Waals surface area contributed by atoms with Gasteiger partial charge in [0.2, 0.25) is 0 Å². The van der Waals surface area contributed by atoms with Gasteiger partial charge in [0.15, 0.2) is 0 Å². The van der Waals surface area contributed by atoms with Gasteiger partial charge in [-0.15, -0.1) is 0 Å². The number of hydrogen-bond donors (Lipinski definition) is 0. The molecule has 8 rings (SSSR count). The number of aryl methyl sites for hydroxylation is 2. The largest absolute Gasteiger partial charge is 0.0714 e. The van der Waals surface area contributed by atoms with Crippen molar-refractivity contribution in [3.8, 4) is 33.4 Å². The lowest BCUT2D eigenvalue weighted by Gasteiger charge is -2.34. The van der Waals surface area contributed by atoms with Crippen LogP contribution in [-0.4, -0.2) is 0 Å². The first kappa shape index (κ1) is 26.4. The standard InChI is InChI=1S/C42H33Br/c1-26-12-18-30(19-13-26)42(31-20-14-27(2)15-21-31)37-10-7-11-39(43)40(37)33-22-16-29(25-38(33)42)28-17-23-36-34(24-28)32-8-5-6-9-35(32)41(36,3)4/h5-25H,1-4H3. The van der Waals surface area contributed by atoms with Gasteiger partial charge in [-0.25, -0.2) is 0 Å². The minimum atomic E-state index is -0.433. The fraction of sp³-hybridized carbons (Fsp3) is 0.143. The summed E-state index contributed by atoms with van der Waals surface area (Å²) in [5, 5.41) is 0. The van der Waals surface area contributed by atoms with Crippen LogP contribution in [0.4, 0.5) is 0 Å². The third-order valence-corrected chi connectivity index (χ3v) is 10.7. The Labute approximate surface area is 263 Å². The molecule has 0 heterocycles. The molecule has 0 aliphatic heterocycles. The summed E-state index contributed by atoms with van der Waals surface area (Å²) in [5.74, 6) is 0. The van der Waals surface area contributed by atoms with Crippen LogP contribution in [0, 0.1) is 13.8 Å². The van der Waals surface area contributed by atoms with Crippen LogP contribution in [-0.2, 0) is 10.8 Å². The van der Waals surface area contributed by atoms with Crippen LogP contribution in [0.25, 0.3) is 33.4 Å². The van der Waals surface area contributed by atoms with Crippen molar-refractivity contribution < 1.29 is 0 Å². The van der Waals surface area contributed by atoms with Gasteiger partial charge in [0.1, 0.15) is 0 Å².